The summed E-state index contributed by atoms with van der Waals surface area (Å²) in [6, 6.07) is 34.4. The monoisotopic (exact) mass is 1430 g/mol. The molecule has 21 nitrogen and oxygen atoms in total. The van der Waals surface area contributed by atoms with E-state index in [2.05, 4.69) is 51.3 Å². The van der Waals surface area contributed by atoms with Crippen molar-refractivity contribution in [2.45, 2.75) is 22.9 Å². The van der Waals surface area contributed by atoms with Gasteiger partial charge in [-0.1, -0.05) is 31.9 Å². The Morgan fingerprint density at radius 1 is 0.511 bits per heavy atom. The predicted molar refractivity (Wildman–Crippen MR) is 334 cm³/mol. The lowest BCUT2D eigenvalue weighted by molar-refractivity contribution is 0.346. The largest absolute Gasteiger partial charge is 0.497 e. The van der Waals surface area contributed by atoms with E-state index in [4.69, 9.17) is 37.3 Å². The number of rotatable bonds is 19. The van der Waals surface area contributed by atoms with Crippen LogP contribution in [0, 0.1) is 29.1 Å². The van der Waals surface area contributed by atoms with Gasteiger partial charge in [0.05, 0.1) is 88.9 Å². The van der Waals surface area contributed by atoms with Crippen LogP contribution in [0.25, 0.3) is 33.2 Å². The van der Waals surface area contributed by atoms with Gasteiger partial charge in [-0.25, -0.2) is 35.9 Å². The molecule has 0 aliphatic rings. The summed E-state index contributed by atoms with van der Waals surface area (Å²) in [7, 11) is -0.0617. The third kappa shape index (κ3) is 14.2. The van der Waals surface area contributed by atoms with Crippen LogP contribution in [0.5, 0.6) is 40.2 Å². The van der Waals surface area contributed by atoms with Crippen molar-refractivity contribution in [3.05, 3.63) is 228 Å². The molecule has 0 fully saturated rings. The van der Waals surface area contributed by atoms with Crippen LogP contribution in [0.15, 0.2) is 196 Å². The van der Waals surface area contributed by atoms with Crippen molar-refractivity contribution in [2.75, 3.05) is 52.3 Å². The summed E-state index contributed by atoms with van der Waals surface area (Å²) < 4.78 is 173. The van der Waals surface area contributed by atoms with Crippen molar-refractivity contribution in [3.8, 4) is 51.6 Å². The van der Waals surface area contributed by atoms with E-state index in [1.807, 2.05) is 18.2 Å². The topological polar surface area (TPSA) is 244 Å². The molecule has 0 aliphatic heterocycles. The van der Waals surface area contributed by atoms with Gasteiger partial charge >= 0.3 is 16.1 Å². The average molecular weight is 1440 g/mol. The highest BCUT2D eigenvalue weighted by Gasteiger charge is 2.33. The van der Waals surface area contributed by atoms with Crippen LogP contribution in [0.1, 0.15) is 11.1 Å². The molecule has 0 unspecified atom stereocenters. The molecule has 0 saturated carbocycles. The fraction of sp³-hybridized carbons (Fsp3) is 0.129. The van der Waals surface area contributed by atoms with Gasteiger partial charge in [-0.15, -0.1) is 0 Å². The van der Waals surface area contributed by atoms with Crippen molar-refractivity contribution in [3.63, 3.8) is 0 Å². The number of methoxy groups -OCH3 is 6. The number of fused-ring (bicyclic) bond motifs is 2. The van der Waals surface area contributed by atoms with Gasteiger partial charge in [-0.3, -0.25) is 18.7 Å². The van der Waals surface area contributed by atoms with E-state index >= 15 is 0 Å². The van der Waals surface area contributed by atoms with Crippen molar-refractivity contribution >= 4 is 85.8 Å². The number of hydrogen-bond acceptors (Lipinski definition) is 18. The zero-order valence-electron chi connectivity index (χ0n) is 48.7. The van der Waals surface area contributed by atoms with Crippen LogP contribution in [0.2, 0.25) is 0 Å². The molecule has 0 atom stereocenters. The molecule has 0 amide bonds. The third-order valence-electron chi connectivity index (χ3n) is 13.5. The maximum absolute atomic E-state index is 14.0. The van der Waals surface area contributed by atoms with Crippen LogP contribution in [0.3, 0.4) is 0 Å². The molecule has 92 heavy (non-hydrogen) atoms. The highest BCUT2D eigenvalue weighted by Crippen LogP contribution is 2.36. The summed E-state index contributed by atoms with van der Waals surface area (Å²) in [4.78, 5) is 33.0. The Hall–Kier alpha value is -9.91. The minimum Gasteiger partial charge on any atom is -0.497 e. The Labute approximate surface area is 537 Å². The number of nitrogens with zero attached hydrogens (tertiary/aromatic N) is 5. The molecule has 4 aromatic heterocycles. The van der Waals surface area contributed by atoms with E-state index in [9.17, 15) is 48.4 Å². The first-order chi connectivity index (χ1) is 44.0. The van der Waals surface area contributed by atoms with Crippen LogP contribution in [0.4, 0.5) is 34.0 Å². The Bertz CT molecular complexity index is 4860. The number of anilines is 2. The lowest BCUT2D eigenvalue weighted by Gasteiger charge is -2.22. The lowest BCUT2D eigenvalue weighted by atomic mass is 10.2. The zero-order chi connectivity index (χ0) is 66.2. The van der Waals surface area contributed by atoms with Crippen molar-refractivity contribution in [1.29, 1.82) is 0 Å². The standard InChI is InChI=1S/C28H24BrN3O7S.C22H11BrF5NO5S.C12H14N2O3/c1-36-21-7-4-19(25(16-21)37-2)17-31(28-30-12-13-39-28)40(34,35)22-8-10-23-18(14-22)5-11-27(33)32(23)24-9-6-20(29)15-26(24)38-3;1-33-15-9-11(23)3-5-14(15)29-13-6-4-12(8-10(13)2-7-16(29)30)35(31,32)34-22-20(27)18(25)17(24)19(26)21(22)28;1-15-10-4-3-9(11(7-10)16-2)8-14-12-13-5-6-17-12/h4-16H,17H2,1-3H3;2-9H,1H3;3-7H,8H2,1-2H3,(H,13,14). The van der Waals surface area contributed by atoms with E-state index in [-0.39, 0.29) is 33.9 Å². The van der Waals surface area contributed by atoms with Crippen molar-refractivity contribution in [1.82, 2.24) is 19.1 Å². The van der Waals surface area contributed by atoms with Crippen molar-refractivity contribution < 1.29 is 80.2 Å². The van der Waals surface area contributed by atoms with E-state index in [1.54, 1.807) is 87.1 Å². The Balaban J connectivity index is 0.000000175. The Morgan fingerprint density at radius 2 is 0.989 bits per heavy atom. The maximum Gasteiger partial charge on any atom is 0.339 e. The SMILES string of the molecule is COc1cc(Br)ccc1-n1c(=O)ccc2cc(S(=O)(=O)Oc3c(F)c(F)c(F)c(F)c3F)ccc21.COc1ccc(CN(c2ncco2)S(=O)(=O)c2ccc3c(ccc(=O)n3-c3ccc(Br)cc3OC)c2)c(OC)c1.COc1ccc(CNc2ncco2)c(OC)c1. The normalized spacial score (nSPS) is 11.2. The third-order valence-corrected chi connectivity index (χ3v) is 17.5. The van der Waals surface area contributed by atoms with E-state index in [1.165, 1.54) is 86.6 Å². The van der Waals surface area contributed by atoms with Crippen LogP contribution >= 0.6 is 31.9 Å². The Kier molecular flexibility index (Phi) is 20.6. The fourth-order valence-corrected chi connectivity index (χ4v) is 12.1. The number of benzene rings is 7. The smallest absolute Gasteiger partial charge is 0.339 e. The molecular weight excluding hydrogens is 1390 g/mol. The zero-order valence-corrected chi connectivity index (χ0v) is 53.6. The number of nitrogens with one attached hydrogen (secondary N) is 1. The number of ether oxygens (including phenoxy) is 6. The highest BCUT2D eigenvalue weighted by molar-refractivity contribution is 9.10. The number of halogens is 7. The molecule has 4 heterocycles. The van der Waals surface area contributed by atoms with Gasteiger partial charge in [0.25, 0.3) is 27.2 Å². The minimum absolute atomic E-state index is 0.0151. The molecule has 7 aromatic carbocycles. The average Bonchev–Trinajstić information content (AvgIpc) is 0.806. The molecule has 11 rings (SSSR count). The van der Waals surface area contributed by atoms with E-state index < -0.39 is 65.4 Å². The molecule has 478 valence electrons. The summed E-state index contributed by atoms with van der Waals surface area (Å²) in [6.45, 7) is 0.456. The number of hydrogen-bond donors (Lipinski definition) is 1. The highest BCUT2D eigenvalue weighted by atomic mass is 79.9. The first-order valence-electron chi connectivity index (χ1n) is 26.5. The van der Waals surface area contributed by atoms with Gasteiger partial charge in [0.15, 0.2) is 0 Å². The van der Waals surface area contributed by atoms with Crippen LogP contribution in [-0.4, -0.2) is 78.6 Å². The molecule has 0 saturated heterocycles. The number of aromatic nitrogens is 4. The van der Waals surface area contributed by atoms with Crippen molar-refractivity contribution in [2.24, 2.45) is 0 Å². The predicted octanol–water partition coefficient (Wildman–Crippen LogP) is 12.7. The molecule has 0 spiro atoms. The molecule has 11 aromatic rings. The Morgan fingerprint density at radius 3 is 1.48 bits per heavy atom. The second-order valence-electron chi connectivity index (χ2n) is 18.9. The summed E-state index contributed by atoms with van der Waals surface area (Å²) in [6.07, 6.45) is 5.78. The summed E-state index contributed by atoms with van der Waals surface area (Å²) in [5.41, 5.74) is 2.39. The first kappa shape index (κ1) is 66.5. The van der Waals surface area contributed by atoms with Crippen LogP contribution < -0.4 is 53.3 Å². The lowest BCUT2D eigenvalue weighted by Crippen LogP contribution is -2.31. The quantitative estimate of drug-likeness (QED) is 0.0342. The molecule has 1 N–H and O–H groups in total. The van der Waals surface area contributed by atoms with Gasteiger partial charge in [0.2, 0.25) is 34.8 Å². The number of pyridine rings is 2. The summed E-state index contributed by atoms with van der Waals surface area (Å²) in [5.74, 6) is -10.7. The molecule has 0 radical (unpaired) electrons. The molecule has 0 bridgehead atoms. The van der Waals surface area contributed by atoms with E-state index in [0.717, 1.165) is 44.0 Å². The summed E-state index contributed by atoms with van der Waals surface area (Å²) >= 11 is 6.70. The number of oxazole rings is 2. The number of sulfonamides is 1. The van der Waals surface area contributed by atoms with Gasteiger partial charge in [0.1, 0.15) is 51.9 Å². The minimum atomic E-state index is -5.06. The second kappa shape index (κ2) is 28.5. The van der Waals surface area contributed by atoms with Crippen LogP contribution in [-0.2, 0) is 33.2 Å². The molecular formula is C62H49Br2F5N6O15S2. The maximum atomic E-state index is 14.0. The van der Waals surface area contributed by atoms with Gasteiger partial charge in [-0.2, -0.15) is 17.2 Å². The molecule has 30 heteroatoms. The van der Waals surface area contributed by atoms with Gasteiger partial charge in [0, 0.05) is 61.7 Å². The summed E-state index contributed by atoms with van der Waals surface area (Å²) in [5, 5.41) is 3.76. The van der Waals surface area contributed by atoms with Gasteiger partial charge < -0.3 is 46.8 Å². The first-order valence-corrected chi connectivity index (χ1v) is 30.9. The second-order valence-corrected chi connectivity index (χ2v) is 24.1. The van der Waals surface area contributed by atoms with E-state index in [0.29, 0.717) is 67.9 Å². The van der Waals surface area contributed by atoms with Gasteiger partial charge in [-0.05, 0) is 109 Å². The fourth-order valence-electron chi connectivity index (χ4n) is 9.09. The molecule has 0 aliphatic carbocycles.